The molecule has 7 heteroatoms. The van der Waals surface area contributed by atoms with Crippen LogP contribution in [0.2, 0.25) is 0 Å². The van der Waals surface area contributed by atoms with Crippen LogP contribution in [0.25, 0.3) is 0 Å². The molecule has 0 aliphatic carbocycles. The molecule has 0 saturated carbocycles. The van der Waals surface area contributed by atoms with E-state index in [1.165, 1.54) is 12.0 Å². The van der Waals surface area contributed by atoms with E-state index in [4.69, 9.17) is 4.99 Å². The standard InChI is InChI=1S/C19H29N5S2/c1-4-20-19(21-8-5-17-13-26-15(3)23-17)22-11-14(2)24-9-6-18-16(12-24)7-10-25-18/h7,10,13-14H,4-6,8-9,11-12H2,1-3H3,(H2,20,21,22). The number of hydrogen-bond acceptors (Lipinski definition) is 5. The number of aliphatic imine (C=N–C) groups is 1. The van der Waals surface area contributed by atoms with Gasteiger partial charge in [0, 0.05) is 48.9 Å². The number of fused-ring (bicyclic) bond motifs is 1. The van der Waals surface area contributed by atoms with Gasteiger partial charge in [0.05, 0.1) is 17.2 Å². The van der Waals surface area contributed by atoms with Crippen molar-refractivity contribution in [2.24, 2.45) is 4.99 Å². The summed E-state index contributed by atoms with van der Waals surface area (Å²) in [6.45, 7) is 11.2. The molecule has 0 saturated heterocycles. The van der Waals surface area contributed by atoms with Gasteiger partial charge in [-0.05, 0) is 44.2 Å². The molecule has 0 fully saturated rings. The molecule has 1 aliphatic heterocycles. The van der Waals surface area contributed by atoms with Crippen LogP contribution in [0, 0.1) is 6.92 Å². The Balaban J connectivity index is 1.48. The lowest BCUT2D eigenvalue weighted by Gasteiger charge is -2.31. The summed E-state index contributed by atoms with van der Waals surface area (Å²) in [6.07, 6.45) is 2.10. The molecule has 3 heterocycles. The van der Waals surface area contributed by atoms with Gasteiger partial charge in [0.1, 0.15) is 0 Å². The average molecular weight is 392 g/mol. The lowest BCUT2D eigenvalue weighted by molar-refractivity contribution is 0.197. The first-order valence-corrected chi connectivity index (χ1v) is 11.1. The molecule has 1 unspecified atom stereocenters. The van der Waals surface area contributed by atoms with E-state index in [2.05, 4.69) is 51.2 Å². The molecule has 142 valence electrons. The van der Waals surface area contributed by atoms with Crippen LogP contribution in [0.1, 0.15) is 35.0 Å². The van der Waals surface area contributed by atoms with Crippen LogP contribution in [0.5, 0.6) is 0 Å². The maximum absolute atomic E-state index is 4.81. The highest BCUT2D eigenvalue weighted by Crippen LogP contribution is 2.25. The van der Waals surface area contributed by atoms with E-state index in [9.17, 15) is 0 Å². The molecule has 0 amide bonds. The Hall–Kier alpha value is -1.44. The fourth-order valence-corrected chi connectivity index (χ4v) is 4.70. The van der Waals surface area contributed by atoms with E-state index in [0.717, 1.165) is 55.8 Å². The Bertz CT molecular complexity index is 721. The first-order valence-electron chi connectivity index (χ1n) is 9.38. The summed E-state index contributed by atoms with van der Waals surface area (Å²) >= 11 is 3.60. The summed E-state index contributed by atoms with van der Waals surface area (Å²) in [4.78, 5) is 13.4. The smallest absolute Gasteiger partial charge is 0.191 e. The molecule has 3 rings (SSSR count). The fourth-order valence-electron chi connectivity index (χ4n) is 3.16. The second-order valence-corrected chi connectivity index (χ2v) is 8.76. The molecule has 0 spiro atoms. The second kappa shape index (κ2) is 9.48. The zero-order valence-corrected chi connectivity index (χ0v) is 17.6. The number of nitrogens with zero attached hydrogens (tertiary/aromatic N) is 3. The second-order valence-electron chi connectivity index (χ2n) is 6.69. The van der Waals surface area contributed by atoms with E-state index < -0.39 is 0 Å². The molecule has 1 atom stereocenters. The zero-order chi connectivity index (χ0) is 18.4. The van der Waals surface area contributed by atoms with Crippen molar-refractivity contribution >= 4 is 28.6 Å². The predicted octanol–water partition coefficient (Wildman–Crippen LogP) is 3.06. The van der Waals surface area contributed by atoms with E-state index in [1.54, 1.807) is 16.2 Å². The van der Waals surface area contributed by atoms with E-state index in [0.29, 0.717) is 6.04 Å². The van der Waals surface area contributed by atoms with Crippen molar-refractivity contribution in [1.82, 2.24) is 20.5 Å². The van der Waals surface area contributed by atoms with Crippen molar-refractivity contribution in [2.75, 3.05) is 26.2 Å². The minimum atomic E-state index is 0.444. The molecule has 2 N–H and O–H groups in total. The van der Waals surface area contributed by atoms with Gasteiger partial charge in [-0.15, -0.1) is 22.7 Å². The number of thiophene rings is 1. The molecular weight excluding hydrogens is 362 g/mol. The van der Waals surface area contributed by atoms with Crippen molar-refractivity contribution in [3.63, 3.8) is 0 Å². The molecular formula is C19H29N5S2. The average Bonchev–Trinajstić information content (AvgIpc) is 3.27. The van der Waals surface area contributed by atoms with E-state index in [-0.39, 0.29) is 0 Å². The summed E-state index contributed by atoms with van der Waals surface area (Å²) < 4.78 is 0. The normalized spacial score (nSPS) is 16.3. The fraction of sp³-hybridized carbons (Fsp3) is 0.579. The van der Waals surface area contributed by atoms with Crippen molar-refractivity contribution in [3.8, 4) is 0 Å². The Labute approximate surface area is 164 Å². The van der Waals surface area contributed by atoms with E-state index in [1.807, 2.05) is 18.3 Å². The predicted molar refractivity (Wildman–Crippen MR) is 112 cm³/mol. The number of guanidine groups is 1. The van der Waals surface area contributed by atoms with Crippen molar-refractivity contribution in [1.29, 1.82) is 0 Å². The minimum Gasteiger partial charge on any atom is -0.357 e. The number of nitrogens with one attached hydrogen (secondary N) is 2. The van der Waals surface area contributed by atoms with Crippen molar-refractivity contribution in [2.45, 2.75) is 46.2 Å². The summed E-state index contributed by atoms with van der Waals surface area (Å²) in [5, 5.41) is 12.3. The maximum Gasteiger partial charge on any atom is 0.191 e. The van der Waals surface area contributed by atoms with Gasteiger partial charge in [-0.1, -0.05) is 0 Å². The van der Waals surface area contributed by atoms with E-state index >= 15 is 0 Å². The molecule has 1 aliphatic rings. The number of aromatic nitrogens is 1. The number of aryl methyl sites for hydroxylation is 1. The minimum absolute atomic E-state index is 0.444. The Kier molecular flexibility index (Phi) is 7.05. The molecule has 0 bridgehead atoms. The number of thiazole rings is 1. The molecule has 2 aromatic heterocycles. The van der Waals surface area contributed by atoms with Gasteiger partial charge in [0.2, 0.25) is 0 Å². The first-order chi connectivity index (χ1) is 12.7. The van der Waals surface area contributed by atoms with Gasteiger partial charge in [0.25, 0.3) is 0 Å². The van der Waals surface area contributed by atoms with Gasteiger partial charge < -0.3 is 10.6 Å². The Morgan fingerprint density at radius 3 is 3.04 bits per heavy atom. The largest absolute Gasteiger partial charge is 0.357 e. The molecule has 5 nitrogen and oxygen atoms in total. The van der Waals surface area contributed by atoms with Crippen LogP contribution in [0.3, 0.4) is 0 Å². The van der Waals surface area contributed by atoms with Crippen LogP contribution in [0.4, 0.5) is 0 Å². The quantitative estimate of drug-likeness (QED) is 0.563. The van der Waals surface area contributed by atoms with Crippen LogP contribution < -0.4 is 10.6 Å². The third kappa shape index (κ3) is 5.28. The summed E-state index contributed by atoms with van der Waals surface area (Å²) in [5.74, 6) is 0.902. The van der Waals surface area contributed by atoms with Gasteiger partial charge in [0.15, 0.2) is 5.96 Å². The third-order valence-electron chi connectivity index (χ3n) is 4.66. The highest BCUT2D eigenvalue weighted by molar-refractivity contribution is 7.10. The van der Waals surface area contributed by atoms with Crippen LogP contribution >= 0.6 is 22.7 Å². The highest BCUT2D eigenvalue weighted by Gasteiger charge is 2.21. The molecule has 0 aromatic carbocycles. The molecule has 26 heavy (non-hydrogen) atoms. The summed E-state index contributed by atoms with van der Waals surface area (Å²) in [5.41, 5.74) is 2.66. The third-order valence-corrected chi connectivity index (χ3v) is 6.50. The number of hydrogen-bond donors (Lipinski definition) is 2. The van der Waals surface area contributed by atoms with Crippen molar-refractivity contribution < 1.29 is 0 Å². The zero-order valence-electron chi connectivity index (χ0n) is 15.9. The Morgan fingerprint density at radius 2 is 2.27 bits per heavy atom. The van der Waals surface area contributed by atoms with Gasteiger partial charge in [-0.25, -0.2) is 4.98 Å². The van der Waals surface area contributed by atoms with Crippen LogP contribution in [-0.4, -0.2) is 48.1 Å². The SMILES string of the molecule is CCNC(=NCC(C)N1CCc2sccc2C1)NCCc1csc(C)n1. The monoisotopic (exact) mass is 391 g/mol. The lowest BCUT2D eigenvalue weighted by Crippen LogP contribution is -2.41. The van der Waals surface area contributed by atoms with Gasteiger partial charge in [-0.3, -0.25) is 9.89 Å². The first kappa shape index (κ1) is 19.3. The van der Waals surface area contributed by atoms with Crippen LogP contribution in [-0.2, 0) is 19.4 Å². The molecule has 2 aromatic rings. The van der Waals surface area contributed by atoms with Gasteiger partial charge >= 0.3 is 0 Å². The summed E-state index contributed by atoms with van der Waals surface area (Å²) in [7, 11) is 0. The topological polar surface area (TPSA) is 52.6 Å². The van der Waals surface area contributed by atoms with Gasteiger partial charge in [-0.2, -0.15) is 0 Å². The molecule has 0 radical (unpaired) electrons. The highest BCUT2D eigenvalue weighted by atomic mass is 32.1. The Morgan fingerprint density at radius 1 is 1.38 bits per heavy atom. The van der Waals surface area contributed by atoms with Crippen molar-refractivity contribution in [3.05, 3.63) is 38.0 Å². The number of rotatable bonds is 7. The maximum atomic E-state index is 4.81. The van der Waals surface area contributed by atoms with Crippen LogP contribution in [0.15, 0.2) is 21.8 Å². The summed E-state index contributed by atoms with van der Waals surface area (Å²) in [6, 6.07) is 2.72. The lowest BCUT2D eigenvalue weighted by atomic mass is 10.1.